The van der Waals surface area contributed by atoms with E-state index in [2.05, 4.69) is 10.0 Å². The van der Waals surface area contributed by atoms with E-state index in [1.807, 2.05) is 0 Å². The van der Waals surface area contributed by atoms with Crippen molar-refractivity contribution in [2.75, 3.05) is 27.2 Å². The van der Waals surface area contributed by atoms with Crippen molar-refractivity contribution in [3.63, 3.8) is 0 Å². The molecule has 0 aromatic heterocycles. The first-order valence-electron chi connectivity index (χ1n) is 5.91. The molecule has 0 radical (unpaired) electrons. The van der Waals surface area contributed by atoms with E-state index in [-0.39, 0.29) is 16.2 Å². The topological polar surface area (TPSA) is 67.4 Å². The van der Waals surface area contributed by atoms with Crippen molar-refractivity contribution < 1.29 is 17.5 Å². The lowest BCUT2D eigenvalue weighted by Gasteiger charge is -2.11. The Morgan fingerprint density at radius 2 is 2.00 bits per heavy atom. The first-order chi connectivity index (χ1) is 8.94. The third-order valence-corrected chi connectivity index (χ3v) is 4.31. The number of ether oxygens (including phenoxy) is 1. The van der Waals surface area contributed by atoms with Gasteiger partial charge in [-0.05, 0) is 39.1 Å². The molecule has 0 fully saturated rings. The van der Waals surface area contributed by atoms with Gasteiger partial charge in [0.15, 0.2) is 11.6 Å². The van der Waals surface area contributed by atoms with Crippen LogP contribution in [0.3, 0.4) is 0 Å². The molecule has 1 aromatic rings. The minimum Gasteiger partial charge on any atom is -0.494 e. The lowest BCUT2D eigenvalue weighted by Crippen LogP contribution is -2.27. The zero-order valence-electron chi connectivity index (χ0n) is 11.3. The average molecular weight is 290 g/mol. The molecule has 0 unspecified atom stereocenters. The molecule has 0 atom stereocenters. The predicted octanol–water partition coefficient (Wildman–Crippen LogP) is 1.03. The minimum absolute atomic E-state index is 0.0339. The van der Waals surface area contributed by atoms with E-state index in [9.17, 15) is 12.8 Å². The van der Waals surface area contributed by atoms with Crippen LogP contribution < -0.4 is 14.8 Å². The number of benzene rings is 1. The van der Waals surface area contributed by atoms with Crippen LogP contribution in [0.2, 0.25) is 0 Å². The van der Waals surface area contributed by atoms with E-state index in [4.69, 9.17) is 4.74 Å². The molecule has 0 spiro atoms. The maximum Gasteiger partial charge on any atom is 0.240 e. The Balaban J connectivity index is 2.93. The maximum absolute atomic E-state index is 13.8. The molecular formula is C12H19FN2O3S. The van der Waals surface area contributed by atoms with Crippen LogP contribution >= 0.6 is 0 Å². The van der Waals surface area contributed by atoms with Crippen LogP contribution in [0, 0.1) is 12.7 Å². The Bertz CT molecular complexity index is 532. The highest BCUT2D eigenvalue weighted by Gasteiger charge is 2.20. The summed E-state index contributed by atoms with van der Waals surface area (Å²) in [5.74, 6) is -0.618. The highest BCUT2D eigenvalue weighted by atomic mass is 32.2. The van der Waals surface area contributed by atoms with Gasteiger partial charge in [-0.25, -0.2) is 17.5 Å². The van der Waals surface area contributed by atoms with E-state index in [0.29, 0.717) is 19.5 Å². The molecule has 0 aliphatic rings. The number of methoxy groups -OCH3 is 1. The number of sulfonamides is 1. The van der Waals surface area contributed by atoms with Gasteiger partial charge < -0.3 is 10.1 Å². The minimum atomic E-state index is -3.69. The number of rotatable bonds is 7. The fourth-order valence-corrected chi connectivity index (χ4v) is 2.95. The summed E-state index contributed by atoms with van der Waals surface area (Å²) in [5.41, 5.74) is 0.0560. The lowest BCUT2D eigenvalue weighted by atomic mass is 10.2. The Labute approximate surface area is 113 Å². The van der Waals surface area contributed by atoms with E-state index < -0.39 is 15.8 Å². The van der Waals surface area contributed by atoms with Crippen molar-refractivity contribution in [2.24, 2.45) is 0 Å². The standard InChI is InChI=1S/C12H19FN2O3S/c1-9-11(6-5-10(18-3)12(9)13)19(16,17)15-8-4-7-14-2/h5-6,14-15H,4,7-8H2,1-3H3. The van der Waals surface area contributed by atoms with Gasteiger partial charge >= 0.3 is 0 Å². The second-order valence-electron chi connectivity index (χ2n) is 4.06. The van der Waals surface area contributed by atoms with Crippen LogP contribution in [0.1, 0.15) is 12.0 Å². The molecular weight excluding hydrogens is 271 g/mol. The fraction of sp³-hybridized carbons (Fsp3) is 0.500. The first-order valence-corrected chi connectivity index (χ1v) is 7.39. The summed E-state index contributed by atoms with van der Waals surface area (Å²) >= 11 is 0. The predicted molar refractivity (Wildman–Crippen MR) is 71.4 cm³/mol. The van der Waals surface area contributed by atoms with Gasteiger partial charge in [-0.3, -0.25) is 0 Å². The lowest BCUT2D eigenvalue weighted by molar-refractivity contribution is 0.384. The molecule has 1 aromatic carbocycles. The molecule has 0 amide bonds. The van der Waals surface area contributed by atoms with Crippen LogP contribution in [0.15, 0.2) is 17.0 Å². The maximum atomic E-state index is 13.8. The van der Waals surface area contributed by atoms with E-state index >= 15 is 0 Å². The van der Waals surface area contributed by atoms with Gasteiger partial charge in [-0.1, -0.05) is 0 Å². The third-order valence-electron chi connectivity index (χ3n) is 2.71. The smallest absolute Gasteiger partial charge is 0.240 e. The average Bonchev–Trinajstić information content (AvgIpc) is 2.37. The molecule has 0 heterocycles. The molecule has 7 heteroatoms. The van der Waals surface area contributed by atoms with Crippen LogP contribution in [0.4, 0.5) is 4.39 Å². The van der Waals surface area contributed by atoms with E-state index in [1.54, 1.807) is 7.05 Å². The summed E-state index contributed by atoms with van der Waals surface area (Å²) in [7, 11) is -0.568. The Morgan fingerprint density at radius 1 is 1.32 bits per heavy atom. The summed E-state index contributed by atoms with van der Waals surface area (Å²) in [6.45, 7) is 2.43. The summed E-state index contributed by atoms with van der Waals surface area (Å²) in [6.07, 6.45) is 0.660. The van der Waals surface area contributed by atoms with Gasteiger partial charge in [0.1, 0.15) is 0 Å². The number of halogens is 1. The number of hydrogen-bond acceptors (Lipinski definition) is 4. The largest absolute Gasteiger partial charge is 0.494 e. The summed E-state index contributed by atoms with van der Waals surface area (Å²) in [6, 6.07) is 2.65. The van der Waals surface area contributed by atoms with Crippen molar-refractivity contribution in [2.45, 2.75) is 18.2 Å². The highest BCUT2D eigenvalue weighted by molar-refractivity contribution is 7.89. The summed E-state index contributed by atoms with van der Waals surface area (Å²) < 4.78 is 45.1. The SMILES string of the molecule is CNCCCNS(=O)(=O)c1ccc(OC)c(F)c1C. The molecule has 108 valence electrons. The molecule has 1 rings (SSSR count). The molecule has 2 N–H and O–H groups in total. The molecule has 0 aliphatic carbocycles. The van der Waals surface area contributed by atoms with Crippen LogP contribution in [-0.2, 0) is 10.0 Å². The Hall–Kier alpha value is -1.18. The molecule has 0 saturated heterocycles. The molecule has 0 bridgehead atoms. The molecule has 0 saturated carbocycles. The van der Waals surface area contributed by atoms with Crippen LogP contribution in [-0.4, -0.2) is 35.7 Å². The van der Waals surface area contributed by atoms with Crippen LogP contribution in [0.5, 0.6) is 5.75 Å². The van der Waals surface area contributed by atoms with Crippen molar-refractivity contribution in [3.05, 3.63) is 23.5 Å². The monoisotopic (exact) mass is 290 g/mol. The Morgan fingerprint density at radius 3 is 2.58 bits per heavy atom. The third kappa shape index (κ3) is 3.89. The molecule has 5 nitrogen and oxygen atoms in total. The second kappa shape index (κ2) is 6.83. The van der Waals surface area contributed by atoms with Gasteiger partial charge in [0, 0.05) is 12.1 Å². The number of nitrogens with one attached hydrogen (secondary N) is 2. The summed E-state index contributed by atoms with van der Waals surface area (Å²) in [4.78, 5) is -0.0599. The van der Waals surface area contributed by atoms with Gasteiger partial charge in [0.25, 0.3) is 0 Å². The molecule has 0 aliphatic heterocycles. The van der Waals surface area contributed by atoms with Crippen LogP contribution in [0.25, 0.3) is 0 Å². The zero-order valence-corrected chi connectivity index (χ0v) is 12.1. The zero-order chi connectivity index (χ0) is 14.5. The van der Waals surface area contributed by atoms with Crippen molar-refractivity contribution in [1.29, 1.82) is 0 Å². The van der Waals surface area contributed by atoms with Gasteiger partial charge in [0.05, 0.1) is 12.0 Å². The fourth-order valence-electron chi connectivity index (χ4n) is 1.64. The van der Waals surface area contributed by atoms with E-state index in [1.165, 1.54) is 26.2 Å². The second-order valence-corrected chi connectivity index (χ2v) is 5.80. The van der Waals surface area contributed by atoms with Gasteiger partial charge in [-0.2, -0.15) is 0 Å². The van der Waals surface area contributed by atoms with Crippen molar-refractivity contribution in [1.82, 2.24) is 10.0 Å². The van der Waals surface area contributed by atoms with Gasteiger partial charge in [-0.15, -0.1) is 0 Å². The quantitative estimate of drug-likeness (QED) is 0.736. The highest BCUT2D eigenvalue weighted by Crippen LogP contribution is 2.25. The van der Waals surface area contributed by atoms with Crippen molar-refractivity contribution >= 4 is 10.0 Å². The first kappa shape index (κ1) is 15.9. The molecule has 19 heavy (non-hydrogen) atoms. The van der Waals surface area contributed by atoms with Gasteiger partial charge in [0.2, 0.25) is 10.0 Å². The van der Waals surface area contributed by atoms with Crippen molar-refractivity contribution in [3.8, 4) is 5.75 Å². The Kier molecular flexibility index (Phi) is 5.71. The normalized spacial score (nSPS) is 11.6. The number of hydrogen-bond donors (Lipinski definition) is 2. The summed E-state index contributed by atoms with van der Waals surface area (Å²) in [5, 5.41) is 2.92. The van der Waals surface area contributed by atoms with E-state index in [0.717, 1.165) is 0 Å².